The summed E-state index contributed by atoms with van der Waals surface area (Å²) in [6.07, 6.45) is 2.75. The molecule has 1 fully saturated rings. The smallest absolute Gasteiger partial charge is 0.337 e. The number of carbonyl (C=O) groups excluding carboxylic acids is 2. The van der Waals surface area contributed by atoms with E-state index in [0.717, 1.165) is 11.8 Å². The molecule has 2 amide bonds. The number of nitrogens with zero attached hydrogens (tertiary/aromatic N) is 2. The van der Waals surface area contributed by atoms with Gasteiger partial charge in [-0.15, -0.1) is 0 Å². The lowest BCUT2D eigenvalue weighted by molar-refractivity contribution is -0.155. The molecular weight excluding hydrogens is 458 g/mol. The lowest BCUT2D eigenvalue weighted by atomic mass is 9.66. The quantitative estimate of drug-likeness (QED) is 0.574. The Kier molecular flexibility index (Phi) is 7.33. The van der Waals surface area contributed by atoms with Crippen LogP contribution in [0.4, 0.5) is 0 Å². The van der Waals surface area contributed by atoms with Crippen LogP contribution in [0.5, 0.6) is 0 Å². The first-order valence-electron chi connectivity index (χ1n) is 11.1. The zero-order chi connectivity index (χ0) is 25.3. The first-order chi connectivity index (χ1) is 15.9. The monoisotopic (exact) mass is 487 g/mol. The van der Waals surface area contributed by atoms with Crippen LogP contribution in [-0.4, -0.2) is 57.0 Å². The van der Waals surface area contributed by atoms with E-state index < -0.39 is 28.9 Å². The number of hydrogen-bond acceptors (Lipinski definition) is 5. The van der Waals surface area contributed by atoms with Gasteiger partial charge in [-0.1, -0.05) is 51.4 Å². The van der Waals surface area contributed by atoms with Gasteiger partial charge in [0, 0.05) is 35.9 Å². The molecule has 1 aromatic heterocycles. The molecule has 1 aliphatic heterocycles. The van der Waals surface area contributed by atoms with Crippen molar-refractivity contribution in [3.63, 3.8) is 0 Å². The molecule has 8 nitrogen and oxygen atoms in total. The Morgan fingerprint density at radius 2 is 1.74 bits per heavy atom. The fourth-order valence-corrected chi connectivity index (χ4v) is 4.51. The number of aromatic nitrogens is 1. The minimum atomic E-state index is -1.19. The van der Waals surface area contributed by atoms with Crippen LogP contribution in [-0.2, 0) is 10.4 Å². The average molecular weight is 488 g/mol. The number of aliphatic hydroxyl groups is 1. The summed E-state index contributed by atoms with van der Waals surface area (Å²) < 4.78 is 0. The highest BCUT2D eigenvalue weighted by Crippen LogP contribution is 2.46. The lowest BCUT2D eigenvalue weighted by Crippen LogP contribution is -2.60. The van der Waals surface area contributed by atoms with Gasteiger partial charge in [-0.05, 0) is 36.1 Å². The van der Waals surface area contributed by atoms with Gasteiger partial charge in [0.1, 0.15) is 6.04 Å². The molecule has 2 atom stereocenters. The van der Waals surface area contributed by atoms with E-state index >= 15 is 0 Å². The fourth-order valence-electron chi connectivity index (χ4n) is 4.39. The van der Waals surface area contributed by atoms with Gasteiger partial charge in [-0.25, -0.2) is 4.79 Å². The molecule has 34 heavy (non-hydrogen) atoms. The number of carboxylic acids is 1. The number of likely N-dealkylation sites (tertiary alicyclic amines) is 1. The molecule has 0 unspecified atom stereocenters. The SMILES string of the molecule is CC(C)[C@@H](NC(=O)c1cncc(C(=O)O)c1)C(=O)N1CC[C@](O)(c2ccc(Cl)cc2)C(C)(C)C1. The Morgan fingerprint density at radius 1 is 1.12 bits per heavy atom. The molecule has 9 heteroatoms. The predicted molar refractivity (Wildman–Crippen MR) is 128 cm³/mol. The molecule has 1 aliphatic rings. The molecule has 3 N–H and O–H groups in total. The minimum Gasteiger partial charge on any atom is -0.478 e. The Morgan fingerprint density at radius 3 is 2.29 bits per heavy atom. The molecule has 0 aliphatic carbocycles. The number of aromatic carboxylic acids is 1. The van der Waals surface area contributed by atoms with E-state index in [9.17, 15) is 19.5 Å². The van der Waals surface area contributed by atoms with E-state index in [1.165, 1.54) is 12.3 Å². The van der Waals surface area contributed by atoms with Crippen LogP contribution in [0.2, 0.25) is 5.02 Å². The minimum absolute atomic E-state index is 0.0643. The van der Waals surface area contributed by atoms with E-state index in [0.29, 0.717) is 24.5 Å². The maximum Gasteiger partial charge on any atom is 0.337 e. The van der Waals surface area contributed by atoms with Gasteiger partial charge < -0.3 is 20.4 Å². The fraction of sp³-hybridized carbons (Fsp3) is 0.440. The summed E-state index contributed by atoms with van der Waals surface area (Å²) in [6.45, 7) is 8.08. The number of amides is 2. The maximum absolute atomic E-state index is 13.5. The largest absolute Gasteiger partial charge is 0.478 e. The van der Waals surface area contributed by atoms with Crippen LogP contribution in [0.3, 0.4) is 0 Å². The lowest BCUT2D eigenvalue weighted by Gasteiger charge is -2.51. The Balaban J connectivity index is 1.78. The number of halogens is 1. The van der Waals surface area contributed by atoms with Gasteiger partial charge in [0.25, 0.3) is 5.91 Å². The number of piperidine rings is 1. The van der Waals surface area contributed by atoms with E-state index in [1.807, 2.05) is 27.7 Å². The van der Waals surface area contributed by atoms with Crippen LogP contribution >= 0.6 is 11.6 Å². The molecule has 0 spiro atoms. The van der Waals surface area contributed by atoms with Gasteiger partial charge in [0.05, 0.1) is 16.7 Å². The summed E-state index contributed by atoms with van der Waals surface area (Å²) in [5.41, 5.74) is -1.12. The highest BCUT2D eigenvalue weighted by molar-refractivity contribution is 6.30. The number of rotatable bonds is 6. The molecule has 0 bridgehead atoms. The zero-order valence-corrected chi connectivity index (χ0v) is 20.5. The first kappa shape index (κ1) is 25.6. The van der Waals surface area contributed by atoms with Crippen molar-refractivity contribution in [3.05, 3.63) is 64.4 Å². The summed E-state index contributed by atoms with van der Waals surface area (Å²) in [6, 6.07) is 7.49. The number of pyridine rings is 1. The van der Waals surface area contributed by atoms with Crippen LogP contribution < -0.4 is 5.32 Å². The third kappa shape index (κ3) is 5.08. The second-order valence-electron chi connectivity index (χ2n) is 9.72. The van der Waals surface area contributed by atoms with Crippen molar-refractivity contribution in [2.45, 2.75) is 45.8 Å². The van der Waals surface area contributed by atoms with Gasteiger partial charge in [-0.2, -0.15) is 0 Å². The highest BCUT2D eigenvalue weighted by atomic mass is 35.5. The van der Waals surface area contributed by atoms with Gasteiger partial charge in [-0.3, -0.25) is 14.6 Å². The summed E-state index contributed by atoms with van der Waals surface area (Å²) in [5, 5.41) is 24.0. The zero-order valence-electron chi connectivity index (χ0n) is 19.7. The maximum atomic E-state index is 13.5. The van der Waals surface area contributed by atoms with Crippen molar-refractivity contribution in [3.8, 4) is 0 Å². The van der Waals surface area contributed by atoms with Gasteiger partial charge in [0.2, 0.25) is 5.91 Å². The average Bonchev–Trinajstić information content (AvgIpc) is 2.78. The second-order valence-corrected chi connectivity index (χ2v) is 10.2. The third-order valence-corrected chi connectivity index (χ3v) is 6.80. The standard InChI is InChI=1S/C25H30ClN3O5/c1-15(2)20(28-21(30)16-11-17(23(32)33)13-27-12-16)22(31)29-10-9-25(34,24(3,4)14-29)18-5-7-19(26)8-6-18/h5-8,11-13,15,20,34H,9-10,14H2,1-4H3,(H,28,30)(H,32,33)/t20-,25+/m1/s1. The van der Waals surface area contributed by atoms with Crippen molar-refractivity contribution >= 4 is 29.4 Å². The number of carbonyl (C=O) groups is 3. The van der Waals surface area contributed by atoms with Crippen LogP contribution in [0, 0.1) is 11.3 Å². The predicted octanol–water partition coefficient (Wildman–Crippen LogP) is 3.33. The summed E-state index contributed by atoms with van der Waals surface area (Å²) >= 11 is 6.00. The molecule has 1 saturated heterocycles. The Bertz CT molecular complexity index is 1090. The normalized spacial score (nSPS) is 20.6. The van der Waals surface area contributed by atoms with Gasteiger partial charge >= 0.3 is 5.97 Å². The Hall–Kier alpha value is -2.97. The van der Waals surface area contributed by atoms with Crippen LogP contribution in [0.1, 0.15) is 60.4 Å². The Labute approximate surface area is 203 Å². The molecule has 3 rings (SSSR count). The molecule has 2 heterocycles. The highest BCUT2D eigenvalue weighted by Gasteiger charge is 2.50. The van der Waals surface area contributed by atoms with Crippen molar-refractivity contribution in [2.24, 2.45) is 11.3 Å². The number of hydrogen-bond donors (Lipinski definition) is 3. The molecule has 1 aromatic carbocycles. The van der Waals surface area contributed by atoms with Crippen molar-refractivity contribution < 1.29 is 24.6 Å². The number of benzene rings is 1. The third-order valence-electron chi connectivity index (χ3n) is 6.55. The molecule has 182 valence electrons. The number of nitrogens with one attached hydrogen (secondary N) is 1. The molecule has 2 aromatic rings. The summed E-state index contributed by atoms with van der Waals surface area (Å²) in [5.74, 6) is -2.23. The molecular formula is C25H30ClN3O5. The van der Waals surface area contributed by atoms with E-state index in [1.54, 1.807) is 29.2 Å². The van der Waals surface area contributed by atoms with Crippen molar-refractivity contribution in [1.29, 1.82) is 0 Å². The van der Waals surface area contributed by atoms with E-state index in [2.05, 4.69) is 10.3 Å². The van der Waals surface area contributed by atoms with E-state index in [4.69, 9.17) is 16.7 Å². The second kappa shape index (κ2) is 9.72. The van der Waals surface area contributed by atoms with Crippen LogP contribution in [0.25, 0.3) is 0 Å². The molecule has 0 saturated carbocycles. The van der Waals surface area contributed by atoms with Crippen molar-refractivity contribution in [2.75, 3.05) is 13.1 Å². The molecule has 0 radical (unpaired) electrons. The summed E-state index contributed by atoms with van der Waals surface area (Å²) in [4.78, 5) is 42.9. The van der Waals surface area contributed by atoms with Gasteiger partial charge in [0.15, 0.2) is 0 Å². The van der Waals surface area contributed by atoms with Crippen molar-refractivity contribution in [1.82, 2.24) is 15.2 Å². The van der Waals surface area contributed by atoms with E-state index in [-0.39, 0.29) is 23.0 Å². The topological polar surface area (TPSA) is 120 Å². The van der Waals surface area contributed by atoms with Crippen LogP contribution in [0.15, 0.2) is 42.7 Å². The summed E-state index contributed by atoms with van der Waals surface area (Å²) in [7, 11) is 0. The first-order valence-corrected chi connectivity index (χ1v) is 11.5. The number of carboxylic acid groups (broad SMARTS) is 1.